The summed E-state index contributed by atoms with van der Waals surface area (Å²) in [5, 5.41) is 6.96. The average Bonchev–Trinajstić information content (AvgIpc) is 2.44. The smallest absolute Gasteiger partial charge is 0.171 e. The highest BCUT2D eigenvalue weighted by molar-refractivity contribution is 7.80. The third kappa shape index (κ3) is 4.23. The summed E-state index contributed by atoms with van der Waals surface area (Å²) in [6.07, 6.45) is 3.51. The first-order chi connectivity index (χ1) is 9.95. The summed E-state index contributed by atoms with van der Waals surface area (Å²) in [7, 11) is 0. The van der Waals surface area contributed by atoms with Crippen molar-refractivity contribution < 1.29 is 0 Å². The number of benzene rings is 1. The van der Waals surface area contributed by atoms with Gasteiger partial charge in [-0.25, -0.2) is 0 Å². The van der Waals surface area contributed by atoms with Gasteiger partial charge in [-0.15, -0.1) is 0 Å². The second-order valence-electron chi connectivity index (χ2n) is 5.21. The second-order valence-corrected chi connectivity index (χ2v) is 5.62. The van der Waals surface area contributed by atoms with E-state index in [-0.39, 0.29) is 0 Å². The molecule has 0 aliphatic rings. The Balaban J connectivity index is 1.96. The number of thiocarbonyl (C=S) groups is 1. The number of hydrogen-bond acceptors (Lipinski definition) is 3. The maximum atomic E-state index is 5.33. The standard InChI is InChI=1S/C16H20N4S/c1-10-5-12(3)15(6-11(10)2)20-16(21)19-9-14-8-17-13(4)7-18-14/h5-8H,9H2,1-4H3,(H2,19,20,21). The van der Waals surface area contributed by atoms with Gasteiger partial charge in [-0.3, -0.25) is 9.97 Å². The highest BCUT2D eigenvalue weighted by atomic mass is 32.1. The fourth-order valence-electron chi connectivity index (χ4n) is 1.94. The highest BCUT2D eigenvalue weighted by Crippen LogP contribution is 2.19. The summed E-state index contributed by atoms with van der Waals surface area (Å²) in [5.41, 5.74) is 6.51. The van der Waals surface area contributed by atoms with Crippen molar-refractivity contribution >= 4 is 23.0 Å². The molecule has 4 nitrogen and oxygen atoms in total. The summed E-state index contributed by atoms with van der Waals surface area (Å²) in [6.45, 7) is 8.75. The topological polar surface area (TPSA) is 49.8 Å². The van der Waals surface area contributed by atoms with E-state index in [4.69, 9.17) is 12.2 Å². The molecule has 0 saturated heterocycles. The molecule has 5 heteroatoms. The highest BCUT2D eigenvalue weighted by Gasteiger charge is 2.04. The lowest BCUT2D eigenvalue weighted by molar-refractivity contribution is 0.862. The lowest BCUT2D eigenvalue weighted by atomic mass is 10.1. The van der Waals surface area contributed by atoms with Crippen LogP contribution in [0.1, 0.15) is 28.1 Å². The van der Waals surface area contributed by atoms with Crippen LogP contribution < -0.4 is 10.6 Å². The third-order valence-electron chi connectivity index (χ3n) is 3.35. The minimum absolute atomic E-state index is 0.559. The van der Waals surface area contributed by atoms with Crippen LogP contribution in [-0.4, -0.2) is 15.1 Å². The molecule has 21 heavy (non-hydrogen) atoms. The molecule has 2 aromatic rings. The first-order valence-electron chi connectivity index (χ1n) is 6.86. The van der Waals surface area contributed by atoms with E-state index in [0.29, 0.717) is 11.7 Å². The lowest BCUT2D eigenvalue weighted by Crippen LogP contribution is -2.28. The molecule has 2 N–H and O–H groups in total. The Kier molecular flexibility index (Phi) is 4.85. The molecule has 0 saturated carbocycles. The van der Waals surface area contributed by atoms with E-state index in [9.17, 15) is 0 Å². The van der Waals surface area contributed by atoms with E-state index in [1.54, 1.807) is 12.4 Å². The summed E-state index contributed by atoms with van der Waals surface area (Å²) in [5.74, 6) is 0. The zero-order valence-corrected chi connectivity index (χ0v) is 13.6. The van der Waals surface area contributed by atoms with Gasteiger partial charge in [-0.05, 0) is 62.7 Å². The van der Waals surface area contributed by atoms with E-state index in [0.717, 1.165) is 17.1 Å². The van der Waals surface area contributed by atoms with Crippen LogP contribution in [0.25, 0.3) is 0 Å². The van der Waals surface area contributed by atoms with Gasteiger partial charge in [0.2, 0.25) is 0 Å². The van der Waals surface area contributed by atoms with Crippen LogP contribution in [0.3, 0.4) is 0 Å². The normalized spacial score (nSPS) is 10.3. The molecule has 0 amide bonds. The van der Waals surface area contributed by atoms with E-state index in [1.807, 2.05) is 6.92 Å². The molecule has 0 radical (unpaired) electrons. The van der Waals surface area contributed by atoms with Crippen LogP contribution in [0.4, 0.5) is 5.69 Å². The Morgan fingerprint density at radius 2 is 1.71 bits per heavy atom. The number of hydrogen-bond donors (Lipinski definition) is 2. The second kappa shape index (κ2) is 6.63. The molecule has 0 fully saturated rings. The van der Waals surface area contributed by atoms with Gasteiger partial charge in [0.1, 0.15) is 0 Å². The zero-order valence-electron chi connectivity index (χ0n) is 12.8. The van der Waals surface area contributed by atoms with E-state index in [2.05, 4.69) is 53.5 Å². The van der Waals surface area contributed by atoms with Crippen molar-refractivity contribution in [2.75, 3.05) is 5.32 Å². The number of anilines is 1. The Labute approximate surface area is 131 Å². The third-order valence-corrected chi connectivity index (χ3v) is 3.60. The van der Waals surface area contributed by atoms with Crippen LogP contribution in [0.2, 0.25) is 0 Å². The molecule has 0 atom stereocenters. The number of nitrogens with zero attached hydrogens (tertiary/aromatic N) is 2. The minimum Gasteiger partial charge on any atom is -0.357 e. The van der Waals surface area contributed by atoms with Gasteiger partial charge in [-0.2, -0.15) is 0 Å². The van der Waals surface area contributed by atoms with Crippen molar-refractivity contribution in [3.8, 4) is 0 Å². The van der Waals surface area contributed by atoms with Crippen molar-refractivity contribution in [2.24, 2.45) is 0 Å². The largest absolute Gasteiger partial charge is 0.357 e. The summed E-state index contributed by atoms with van der Waals surface area (Å²) in [4.78, 5) is 8.50. The zero-order chi connectivity index (χ0) is 15.4. The Bertz CT molecular complexity index is 650. The van der Waals surface area contributed by atoms with Crippen molar-refractivity contribution in [3.63, 3.8) is 0 Å². The maximum Gasteiger partial charge on any atom is 0.171 e. The molecule has 1 aromatic carbocycles. The van der Waals surface area contributed by atoms with Crippen LogP contribution in [-0.2, 0) is 6.54 Å². The fraction of sp³-hybridized carbons (Fsp3) is 0.312. The predicted octanol–water partition coefficient (Wildman–Crippen LogP) is 3.20. The van der Waals surface area contributed by atoms with E-state index >= 15 is 0 Å². The van der Waals surface area contributed by atoms with Crippen molar-refractivity contribution in [2.45, 2.75) is 34.2 Å². The molecule has 0 unspecified atom stereocenters. The Morgan fingerprint density at radius 3 is 2.38 bits per heavy atom. The van der Waals surface area contributed by atoms with Gasteiger partial charge in [-0.1, -0.05) is 6.07 Å². The van der Waals surface area contributed by atoms with Gasteiger partial charge in [0.25, 0.3) is 0 Å². The van der Waals surface area contributed by atoms with Gasteiger partial charge in [0.15, 0.2) is 5.11 Å². The lowest BCUT2D eigenvalue weighted by Gasteiger charge is -2.14. The SMILES string of the molecule is Cc1cnc(CNC(=S)Nc2cc(C)c(C)cc2C)cn1. The predicted molar refractivity (Wildman–Crippen MR) is 90.5 cm³/mol. The molecular weight excluding hydrogens is 280 g/mol. The van der Waals surface area contributed by atoms with Gasteiger partial charge in [0, 0.05) is 11.9 Å². The Morgan fingerprint density at radius 1 is 1.00 bits per heavy atom. The van der Waals surface area contributed by atoms with Crippen molar-refractivity contribution in [1.29, 1.82) is 0 Å². The van der Waals surface area contributed by atoms with Crippen LogP contribution >= 0.6 is 12.2 Å². The maximum absolute atomic E-state index is 5.33. The molecule has 0 spiro atoms. The molecular formula is C16H20N4S. The summed E-state index contributed by atoms with van der Waals surface area (Å²) < 4.78 is 0. The van der Waals surface area contributed by atoms with Crippen molar-refractivity contribution in [3.05, 3.63) is 52.6 Å². The summed E-state index contributed by atoms with van der Waals surface area (Å²) in [6, 6.07) is 4.27. The minimum atomic E-state index is 0.559. The first kappa shape index (κ1) is 15.4. The number of aromatic nitrogens is 2. The fourth-order valence-corrected chi connectivity index (χ4v) is 2.13. The van der Waals surface area contributed by atoms with Gasteiger partial charge in [0.05, 0.1) is 24.1 Å². The average molecular weight is 300 g/mol. The number of rotatable bonds is 3. The molecule has 2 rings (SSSR count). The molecule has 1 aromatic heterocycles. The van der Waals surface area contributed by atoms with E-state index in [1.165, 1.54) is 16.7 Å². The van der Waals surface area contributed by atoms with E-state index < -0.39 is 0 Å². The molecule has 1 heterocycles. The Hall–Kier alpha value is -2.01. The number of aryl methyl sites for hydroxylation is 4. The van der Waals surface area contributed by atoms with Gasteiger partial charge < -0.3 is 10.6 Å². The quantitative estimate of drug-likeness (QED) is 0.853. The molecule has 0 aliphatic carbocycles. The van der Waals surface area contributed by atoms with Crippen LogP contribution in [0, 0.1) is 27.7 Å². The van der Waals surface area contributed by atoms with Crippen LogP contribution in [0.5, 0.6) is 0 Å². The molecule has 0 bridgehead atoms. The summed E-state index contributed by atoms with van der Waals surface area (Å²) >= 11 is 5.33. The van der Waals surface area contributed by atoms with Gasteiger partial charge >= 0.3 is 0 Å². The monoisotopic (exact) mass is 300 g/mol. The van der Waals surface area contributed by atoms with Crippen LogP contribution in [0.15, 0.2) is 24.5 Å². The first-order valence-corrected chi connectivity index (χ1v) is 7.27. The molecule has 0 aliphatic heterocycles. The molecule has 110 valence electrons. The van der Waals surface area contributed by atoms with Crippen molar-refractivity contribution in [1.82, 2.24) is 15.3 Å². The number of nitrogens with one attached hydrogen (secondary N) is 2.